The van der Waals surface area contributed by atoms with Crippen molar-refractivity contribution in [2.75, 3.05) is 5.32 Å². The van der Waals surface area contributed by atoms with Gasteiger partial charge in [-0.05, 0) is 29.8 Å². The summed E-state index contributed by atoms with van der Waals surface area (Å²) in [6.45, 7) is 0. The summed E-state index contributed by atoms with van der Waals surface area (Å²) in [5, 5.41) is 30.4. The molecule has 0 saturated heterocycles. The molecule has 0 unspecified atom stereocenters. The van der Waals surface area contributed by atoms with Crippen LogP contribution in [-0.2, 0) is 11.2 Å². The minimum atomic E-state index is -1.02. The Morgan fingerprint density at radius 2 is 1.76 bits per heavy atom. The summed E-state index contributed by atoms with van der Waals surface area (Å²) >= 11 is 0. The minimum Gasteiger partial charge on any atom is -0.508 e. The van der Waals surface area contributed by atoms with E-state index in [0.29, 0.717) is 11.3 Å². The third-order valence-corrected chi connectivity index (χ3v) is 2.83. The molecule has 0 aliphatic carbocycles. The number of rotatable bonds is 4. The van der Waals surface area contributed by atoms with Crippen LogP contribution in [0.25, 0.3) is 0 Å². The molecular formula is C15H13NO5. The average Bonchev–Trinajstić information content (AvgIpc) is 2.43. The van der Waals surface area contributed by atoms with Gasteiger partial charge in [-0.15, -0.1) is 0 Å². The molecule has 2 aromatic carbocycles. The second-order valence-electron chi connectivity index (χ2n) is 4.38. The standard InChI is InChI=1S/C15H13NO5/c17-10-5-6-13(18)11(8-10)15(21)16-12-4-2-1-3-9(12)7-14(19)20/h1-6,8,17-18H,7H2,(H,16,21)(H,19,20). The second kappa shape index (κ2) is 5.96. The number of aliphatic carboxylic acids is 1. The fourth-order valence-electron chi connectivity index (χ4n) is 1.85. The number of phenols is 2. The molecule has 0 bridgehead atoms. The Morgan fingerprint density at radius 1 is 1.05 bits per heavy atom. The number of aromatic hydroxyl groups is 2. The lowest BCUT2D eigenvalue weighted by Gasteiger charge is -2.10. The Morgan fingerprint density at radius 3 is 2.48 bits per heavy atom. The maximum atomic E-state index is 12.1. The summed E-state index contributed by atoms with van der Waals surface area (Å²) in [6, 6.07) is 10.1. The molecular weight excluding hydrogens is 274 g/mol. The number of amides is 1. The van der Waals surface area contributed by atoms with E-state index in [-0.39, 0.29) is 23.5 Å². The quantitative estimate of drug-likeness (QED) is 0.643. The highest BCUT2D eigenvalue weighted by atomic mass is 16.4. The lowest BCUT2D eigenvalue weighted by molar-refractivity contribution is -0.136. The van der Waals surface area contributed by atoms with Crippen molar-refractivity contribution in [1.82, 2.24) is 0 Å². The molecule has 0 aliphatic rings. The van der Waals surface area contributed by atoms with E-state index in [1.807, 2.05) is 0 Å². The van der Waals surface area contributed by atoms with Gasteiger partial charge in [0.2, 0.25) is 0 Å². The van der Waals surface area contributed by atoms with E-state index in [4.69, 9.17) is 5.11 Å². The van der Waals surface area contributed by atoms with E-state index < -0.39 is 11.9 Å². The highest BCUT2D eigenvalue weighted by molar-refractivity contribution is 6.06. The fraction of sp³-hybridized carbons (Fsp3) is 0.0667. The Balaban J connectivity index is 2.27. The smallest absolute Gasteiger partial charge is 0.307 e. The molecule has 2 aromatic rings. The molecule has 0 aromatic heterocycles. The van der Waals surface area contributed by atoms with Gasteiger partial charge in [-0.2, -0.15) is 0 Å². The summed E-state index contributed by atoms with van der Waals surface area (Å²) in [4.78, 5) is 22.9. The van der Waals surface area contributed by atoms with Crippen LogP contribution in [0, 0.1) is 0 Å². The van der Waals surface area contributed by atoms with Crippen LogP contribution in [0.3, 0.4) is 0 Å². The topological polar surface area (TPSA) is 107 Å². The predicted octanol–water partition coefficient (Wildman–Crippen LogP) is 1.98. The highest BCUT2D eigenvalue weighted by Gasteiger charge is 2.14. The largest absolute Gasteiger partial charge is 0.508 e. The first-order valence-corrected chi connectivity index (χ1v) is 6.10. The fourth-order valence-corrected chi connectivity index (χ4v) is 1.85. The lowest BCUT2D eigenvalue weighted by Crippen LogP contribution is -2.14. The molecule has 1 amide bonds. The molecule has 0 heterocycles. The molecule has 0 spiro atoms. The van der Waals surface area contributed by atoms with Gasteiger partial charge in [0.1, 0.15) is 11.5 Å². The molecule has 2 rings (SSSR count). The SMILES string of the molecule is O=C(O)Cc1ccccc1NC(=O)c1cc(O)ccc1O. The van der Waals surface area contributed by atoms with Crippen molar-refractivity contribution in [3.8, 4) is 11.5 Å². The first-order valence-electron chi connectivity index (χ1n) is 6.10. The van der Waals surface area contributed by atoms with Gasteiger partial charge in [-0.3, -0.25) is 9.59 Å². The van der Waals surface area contributed by atoms with Crippen molar-refractivity contribution in [1.29, 1.82) is 0 Å². The number of carbonyl (C=O) groups is 2. The zero-order valence-corrected chi connectivity index (χ0v) is 10.9. The summed E-state index contributed by atoms with van der Waals surface area (Å²) in [6.07, 6.45) is -0.234. The van der Waals surface area contributed by atoms with E-state index in [0.717, 1.165) is 6.07 Å². The van der Waals surface area contributed by atoms with Gasteiger partial charge in [0, 0.05) is 5.69 Å². The molecule has 0 saturated carbocycles. The zero-order valence-electron chi connectivity index (χ0n) is 10.9. The molecule has 4 N–H and O–H groups in total. The van der Waals surface area contributed by atoms with E-state index in [2.05, 4.69) is 5.32 Å². The number of carboxylic acids is 1. The van der Waals surface area contributed by atoms with Crippen molar-refractivity contribution in [3.63, 3.8) is 0 Å². The summed E-state index contributed by atoms with van der Waals surface area (Å²) in [7, 11) is 0. The van der Waals surface area contributed by atoms with Crippen molar-refractivity contribution in [3.05, 3.63) is 53.6 Å². The number of phenolic OH excluding ortho intramolecular Hbond substituents is 2. The third kappa shape index (κ3) is 3.50. The number of carboxylic acid groups (broad SMARTS) is 1. The van der Waals surface area contributed by atoms with Gasteiger partial charge in [0.15, 0.2) is 0 Å². The van der Waals surface area contributed by atoms with Crippen LogP contribution in [0.1, 0.15) is 15.9 Å². The maximum Gasteiger partial charge on any atom is 0.307 e. The van der Waals surface area contributed by atoms with Crippen LogP contribution >= 0.6 is 0 Å². The van der Waals surface area contributed by atoms with Crippen molar-refractivity contribution in [2.24, 2.45) is 0 Å². The van der Waals surface area contributed by atoms with E-state index >= 15 is 0 Å². The third-order valence-electron chi connectivity index (χ3n) is 2.83. The van der Waals surface area contributed by atoms with Crippen LogP contribution in [-0.4, -0.2) is 27.2 Å². The van der Waals surface area contributed by atoms with Crippen LogP contribution in [0.4, 0.5) is 5.69 Å². The Labute approximate surface area is 120 Å². The summed E-state index contributed by atoms with van der Waals surface area (Å²) < 4.78 is 0. The Kier molecular flexibility index (Phi) is 4.08. The number of carbonyl (C=O) groups excluding carboxylic acids is 1. The van der Waals surface area contributed by atoms with Gasteiger partial charge in [0.25, 0.3) is 5.91 Å². The molecule has 0 fully saturated rings. The molecule has 0 radical (unpaired) electrons. The van der Waals surface area contributed by atoms with Crippen molar-refractivity contribution < 1.29 is 24.9 Å². The highest BCUT2D eigenvalue weighted by Crippen LogP contribution is 2.24. The normalized spacial score (nSPS) is 10.1. The Hall–Kier alpha value is -3.02. The first-order chi connectivity index (χ1) is 9.97. The van der Waals surface area contributed by atoms with Crippen LogP contribution in [0.5, 0.6) is 11.5 Å². The maximum absolute atomic E-state index is 12.1. The van der Waals surface area contributed by atoms with E-state index in [9.17, 15) is 19.8 Å². The minimum absolute atomic E-state index is 0.0971. The van der Waals surface area contributed by atoms with Crippen molar-refractivity contribution in [2.45, 2.75) is 6.42 Å². The van der Waals surface area contributed by atoms with Gasteiger partial charge < -0.3 is 20.6 Å². The average molecular weight is 287 g/mol. The first kappa shape index (κ1) is 14.4. The van der Waals surface area contributed by atoms with E-state index in [1.54, 1.807) is 24.3 Å². The van der Waals surface area contributed by atoms with Gasteiger partial charge >= 0.3 is 5.97 Å². The Bertz CT molecular complexity index is 696. The van der Waals surface area contributed by atoms with Gasteiger partial charge in [-0.1, -0.05) is 18.2 Å². The molecule has 0 atom stereocenters. The molecule has 6 nitrogen and oxygen atoms in total. The predicted molar refractivity (Wildman–Crippen MR) is 75.5 cm³/mol. The summed E-state index contributed by atoms with van der Waals surface area (Å²) in [5.41, 5.74) is 0.686. The number of hydrogen-bond donors (Lipinski definition) is 4. The van der Waals surface area contributed by atoms with Crippen LogP contribution in [0.2, 0.25) is 0 Å². The van der Waals surface area contributed by atoms with E-state index in [1.165, 1.54) is 12.1 Å². The number of anilines is 1. The number of benzene rings is 2. The molecule has 0 aliphatic heterocycles. The summed E-state index contributed by atoms with van der Waals surface area (Å²) in [5.74, 6) is -2.09. The number of hydrogen-bond acceptors (Lipinski definition) is 4. The second-order valence-corrected chi connectivity index (χ2v) is 4.38. The lowest BCUT2D eigenvalue weighted by atomic mass is 10.1. The zero-order chi connectivity index (χ0) is 15.4. The van der Waals surface area contributed by atoms with Crippen LogP contribution in [0.15, 0.2) is 42.5 Å². The van der Waals surface area contributed by atoms with Crippen LogP contribution < -0.4 is 5.32 Å². The molecule has 108 valence electrons. The number of nitrogens with one attached hydrogen (secondary N) is 1. The van der Waals surface area contributed by atoms with Crippen molar-refractivity contribution >= 4 is 17.6 Å². The molecule has 21 heavy (non-hydrogen) atoms. The van der Waals surface area contributed by atoms with Gasteiger partial charge in [-0.25, -0.2) is 0 Å². The van der Waals surface area contributed by atoms with Gasteiger partial charge in [0.05, 0.1) is 12.0 Å². The molecule has 6 heteroatoms. The monoisotopic (exact) mass is 287 g/mol. The number of para-hydroxylation sites is 1.